The predicted molar refractivity (Wildman–Crippen MR) is 83.6 cm³/mol. The van der Waals surface area contributed by atoms with E-state index in [1.807, 2.05) is 27.1 Å². The number of aromatic nitrogens is 1. The fourth-order valence-electron chi connectivity index (χ4n) is 3.13. The smallest absolute Gasteiger partial charge is 0.150 e. The molecule has 1 aliphatic heterocycles. The van der Waals surface area contributed by atoms with Crippen LogP contribution in [0.15, 0.2) is 6.20 Å². The van der Waals surface area contributed by atoms with Gasteiger partial charge in [0.25, 0.3) is 0 Å². The van der Waals surface area contributed by atoms with Crippen molar-refractivity contribution >= 4 is 9.84 Å². The standard InChI is InChI=1S/C15H24N2O3S/c1-10-8-17-13(11(2)15(10)20-4)7-14(16-3)12-5-6-21(18,19)9-12/h8,12,14,16H,5-7,9H2,1-4H3. The van der Waals surface area contributed by atoms with Crippen molar-refractivity contribution in [2.45, 2.75) is 32.7 Å². The fourth-order valence-corrected chi connectivity index (χ4v) is 5.01. The summed E-state index contributed by atoms with van der Waals surface area (Å²) in [6.45, 7) is 3.98. The first-order chi connectivity index (χ1) is 9.88. The fraction of sp³-hybridized carbons (Fsp3) is 0.667. The molecule has 6 heteroatoms. The molecule has 0 amide bonds. The van der Waals surface area contributed by atoms with Crippen molar-refractivity contribution in [1.82, 2.24) is 10.3 Å². The van der Waals surface area contributed by atoms with E-state index in [-0.39, 0.29) is 17.7 Å². The van der Waals surface area contributed by atoms with Gasteiger partial charge in [-0.25, -0.2) is 8.42 Å². The van der Waals surface area contributed by atoms with Gasteiger partial charge in [0, 0.05) is 35.5 Å². The molecule has 1 saturated heterocycles. The molecule has 5 nitrogen and oxygen atoms in total. The summed E-state index contributed by atoms with van der Waals surface area (Å²) in [5, 5.41) is 3.26. The summed E-state index contributed by atoms with van der Waals surface area (Å²) >= 11 is 0. The molecule has 2 unspecified atom stereocenters. The van der Waals surface area contributed by atoms with Crippen molar-refractivity contribution in [3.05, 3.63) is 23.0 Å². The lowest BCUT2D eigenvalue weighted by Crippen LogP contribution is -2.36. The second-order valence-electron chi connectivity index (χ2n) is 5.81. The van der Waals surface area contributed by atoms with Crippen LogP contribution in [0.4, 0.5) is 0 Å². The van der Waals surface area contributed by atoms with E-state index in [9.17, 15) is 8.42 Å². The zero-order valence-electron chi connectivity index (χ0n) is 13.1. The minimum atomic E-state index is -2.86. The Kier molecular flexibility index (Phi) is 4.88. The van der Waals surface area contributed by atoms with E-state index in [4.69, 9.17) is 4.74 Å². The van der Waals surface area contributed by atoms with Crippen molar-refractivity contribution in [3.8, 4) is 5.75 Å². The molecule has 1 aromatic heterocycles. The molecule has 1 N–H and O–H groups in total. The maximum Gasteiger partial charge on any atom is 0.150 e. The minimum Gasteiger partial charge on any atom is -0.496 e. The van der Waals surface area contributed by atoms with Crippen molar-refractivity contribution in [2.75, 3.05) is 25.7 Å². The number of hydrogen-bond donors (Lipinski definition) is 1. The number of nitrogens with one attached hydrogen (secondary N) is 1. The monoisotopic (exact) mass is 312 g/mol. The number of rotatable bonds is 5. The summed E-state index contributed by atoms with van der Waals surface area (Å²) < 4.78 is 28.8. The Labute approximate surface area is 127 Å². The Morgan fingerprint density at radius 1 is 1.48 bits per heavy atom. The van der Waals surface area contributed by atoms with Crippen LogP contribution in [0.2, 0.25) is 0 Å². The van der Waals surface area contributed by atoms with Gasteiger partial charge in [-0.2, -0.15) is 0 Å². The molecule has 0 aliphatic carbocycles. The largest absolute Gasteiger partial charge is 0.496 e. The van der Waals surface area contributed by atoms with E-state index in [0.717, 1.165) is 35.4 Å². The Morgan fingerprint density at radius 3 is 2.71 bits per heavy atom. The van der Waals surface area contributed by atoms with Gasteiger partial charge in [0.15, 0.2) is 9.84 Å². The van der Waals surface area contributed by atoms with Crippen molar-refractivity contribution in [2.24, 2.45) is 5.92 Å². The minimum absolute atomic E-state index is 0.126. The first kappa shape index (κ1) is 16.2. The van der Waals surface area contributed by atoms with Crippen molar-refractivity contribution in [1.29, 1.82) is 0 Å². The predicted octanol–water partition coefficient (Wildman–Crippen LogP) is 1.27. The van der Waals surface area contributed by atoms with Gasteiger partial charge in [0.2, 0.25) is 0 Å². The molecular formula is C15H24N2O3S. The van der Waals surface area contributed by atoms with Crippen LogP contribution in [0.5, 0.6) is 5.75 Å². The molecule has 21 heavy (non-hydrogen) atoms. The zero-order chi connectivity index (χ0) is 15.6. The van der Waals surface area contributed by atoms with Crippen LogP contribution in [0.1, 0.15) is 23.2 Å². The molecule has 0 bridgehead atoms. The van der Waals surface area contributed by atoms with E-state index in [0.29, 0.717) is 5.75 Å². The van der Waals surface area contributed by atoms with Crippen molar-refractivity contribution < 1.29 is 13.2 Å². The third kappa shape index (κ3) is 3.55. The van der Waals surface area contributed by atoms with Gasteiger partial charge in [0.1, 0.15) is 5.75 Å². The number of likely N-dealkylation sites (N-methyl/N-ethyl adjacent to an activating group) is 1. The number of pyridine rings is 1. The van der Waals surface area contributed by atoms with Crippen LogP contribution in [0.25, 0.3) is 0 Å². The van der Waals surface area contributed by atoms with Gasteiger partial charge in [0.05, 0.1) is 18.6 Å². The normalized spacial score (nSPS) is 22.2. The molecular weight excluding hydrogens is 288 g/mol. The van der Waals surface area contributed by atoms with Gasteiger partial charge in [-0.05, 0) is 33.2 Å². The molecule has 2 atom stereocenters. The molecule has 1 aliphatic rings. The summed E-state index contributed by atoms with van der Waals surface area (Å²) in [5.74, 6) is 1.61. The first-order valence-electron chi connectivity index (χ1n) is 7.24. The third-order valence-corrected chi connectivity index (χ3v) is 6.16. The van der Waals surface area contributed by atoms with Gasteiger partial charge >= 0.3 is 0 Å². The maximum atomic E-state index is 11.7. The number of nitrogens with zero attached hydrogens (tertiary/aromatic N) is 1. The number of methoxy groups -OCH3 is 1. The van der Waals surface area contributed by atoms with Gasteiger partial charge in [-0.1, -0.05) is 0 Å². The summed E-state index contributed by atoms with van der Waals surface area (Å²) in [6.07, 6.45) is 3.27. The molecule has 1 aromatic rings. The van der Waals surface area contributed by atoms with Crippen LogP contribution >= 0.6 is 0 Å². The summed E-state index contributed by atoms with van der Waals surface area (Å²) in [4.78, 5) is 4.51. The average molecular weight is 312 g/mol. The van der Waals surface area contributed by atoms with Crippen LogP contribution in [0.3, 0.4) is 0 Å². The van der Waals surface area contributed by atoms with E-state index in [2.05, 4.69) is 10.3 Å². The van der Waals surface area contributed by atoms with E-state index in [1.54, 1.807) is 7.11 Å². The second kappa shape index (κ2) is 6.32. The molecule has 0 saturated carbocycles. The highest BCUT2D eigenvalue weighted by molar-refractivity contribution is 7.91. The lowest BCUT2D eigenvalue weighted by atomic mass is 9.93. The highest BCUT2D eigenvalue weighted by atomic mass is 32.2. The topological polar surface area (TPSA) is 68.3 Å². The molecule has 0 aromatic carbocycles. The summed E-state index contributed by atoms with van der Waals surface area (Å²) in [7, 11) is 0.693. The molecule has 2 rings (SSSR count). The van der Waals surface area contributed by atoms with E-state index in [1.165, 1.54) is 0 Å². The average Bonchev–Trinajstić information content (AvgIpc) is 2.79. The molecule has 1 fully saturated rings. The van der Waals surface area contributed by atoms with Crippen molar-refractivity contribution in [3.63, 3.8) is 0 Å². The number of ether oxygens (including phenoxy) is 1. The van der Waals surface area contributed by atoms with Crippen LogP contribution in [-0.4, -0.2) is 45.1 Å². The Bertz CT molecular complexity index is 614. The Hall–Kier alpha value is -1.14. The second-order valence-corrected chi connectivity index (χ2v) is 8.04. The lowest BCUT2D eigenvalue weighted by Gasteiger charge is -2.23. The Morgan fingerprint density at radius 2 is 2.19 bits per heavy atom. The number of aryl methyl sites for hydroxylation is 1. The summed E-state index contributed by atoms with van der Waals surface area (Å²) in [6, 6.07) is 0.126. The van der Waals surface area contributed by atoms with Crippen LogP contribution in [0, 0.1) is 19.8 Å². The lowest BCUT2D eigenvalue weighted by molar-refractivity contribution is 0.392. The van der Waals surface area contributed by atoms with Gasteiger partial charge in [-0.15, -0.1) is 0 Å². The third-order valence-electron chi connectivity index (χ3n) is 4.37. The highest BCUT2D eigenvalue weighted by Gasteiger charge is 2.33. The van der Waals surface area contributed by atoms with E-state index >= 15 is 0 Å². The molecule has 2 heterocycles. The highest BCUT2D eigenvalue weighted by Crippen LogP contribution is 2.28. The quantitative estimate of drug-likeness (QED) is 0.887. The first-order valence-corrected chi connectivity index (χ1v) is 9.07. The Balaban J connectivity index is 2.20. The molecule has 0 radical (unpaired) electrons. The van der Waals surface area contributed by atoms with Gasteiger partial charge < -0.3 is 10.1 Å². The van der Waals surface area contributed by atoms with Crippen LogP contribution < -0.4 is 10.1 Å². The summed E-state index contributed by atoms with van der Waals surface area (Å²) in [5.41, 5.74) is 3.03. The van der Waals surface area contributed by atoms with Gasteiger partial charge in [-0.3, -0.25) is 4.98 Å². The van der Waals surface area contributed by atoms with E-state index < -0.39 is 9.84 Å². The zero-order valence-corrected chi connectivity index (χ0v) is 14.0. The van der Waals surface area contributed by atoms with Crippen LogP contribution in [-0.2, 0) is 16.3 Å². The number of hydrogen-bond acceptors (Lipinski definition) is 5. The SMILES string of the molecule is CNC(Cc1ncc(C)c(OC)c1C)C1CCS(=O)(=O)C1. The molecule has 118 valence electrons. The maximum absolute atomic E-state index is 11.7. The number of sulfone groups is 1. The molecule has 0 spiro atoms.